The Balaban J connectivity index is 1.73. The summed E-state index contributed by atoms with van der Waals surface area (Å²) in [5, 5.41) is 4.84. The van der Waals surface area contributed by atoms with Gasteiger partial charge in [-0.1, -0.05) is 36.4 Å². The van der Waals surface area contributed by atoms with Crippen LogP contribution in [-0.2, 0) is 16.1 Å². The van der Waals surface area contributed by atoms with E-state index in [0.29, 0.717) is 11.3 Å². The minimum Gasteiger partial charge on any atom is -0.449 e. The van der Waals surface area contributed by atoms with Crippen molar-refractivity contribution in [3.63, 3.8) is 0 Å². The molecule has 2 aromatic carbocycles. The molecule has 3 rings (SSSR count). The standard InChI is InChI=1S/C22H24N2O3/c1-5-24-14(2)13-19(15(24)3)22(26)27-16(4)21(25)23-20-12-8-10-17-9-6-7-11-18(17)20/h6-13,16H,5H2,1-4H3,(H,23,25)/t16-/m1/s1. The molecule has 1 aromatic heterocycles. The molecule has 5 heteroatoms. The molecule has 1 N–H and O–H groups in total. The molecule has 0 saturated carbocycles. The van der Waals surface area contributed by atoms with E-state index >= 15 is 0 Å². The molecule has 1 amide bonds. The quantitative estimate of drug-likeness (QED) is 0.680. The minimum absolute atomic E-state index is 0.357. The molecular formula is C22H24N2O3. The third-order valence-electron chi connectivity index (χ3n) is 4.81. The maximum Gasteiger partial charge on any atom is 0.340 e. The molecule has 0 spiro atoms. The highest BCUT2D eigenvalue weighted by molar-refractivity contribution is 6.04. The monoisotopic (exact) mass is 364 g/mol. The summed E-state index contributed by atoms with van der Waals surface area (Å²) in [7, 11) is 0. The van der Waals surface area contributed by atoms with Gasteiger partial charge < -0.3 is 14.6 Å². The van der Waals surface area contributed by atoms with Crippen LogP contribution in [0.25, 0.3) is 10.8 Å². The predicted octanol–water partition coefficient (Wildman–Crippen LogP) is 4.46. The first kappa shape index (κ1) is 18.7. The molecule has 0 bridgehead atoms. The van der Waals surface area contributed by atoms with Crippen molar-refractivity contribution in [1.29, 1.82) is 0 Å². The number of aromatic nitrogens is 1. The van der Waals surface area contributed by atoms with Gasteiger partial charge in [-0.25, -0.2) is 4.79 Å². The Labute approximate surface area is 158 Å². The normalized spacial score (nSPS) is 12.0. The van der Waals surface area contributed by atoms with Gasteiger partial charge in [-0.3, -0.25) is 4.79 Å². The van der Waals surface area contributed by atoms with E-state index in [1.807, 2.05) is 67.8 Å². The fourth-order valence-corrected chi connectivity index (χ4v) is 3.34. The highest BCUT2D eigenvalue weighted by atomic mass is 16.5. The molecule has 0 aliphatic heterocycles. The second-order valence-corrected chi connectivity index (χ2v) is 6.59. The van der Waals surface area contributed by atoms with Gasteiger partial charge in [-0.15, -0.1) is 0 Å². The fourth-order valence-electron chi connectivity index (χ4n) is 3.34. The van der Waals surface area contributed by atoms with E-state index in [2.05, 4.69) is 5.32 Å². The number of nitrogens with one attached hydrogen (secondary N) is 1. The van der Waals surface area contributed by atoms with Gasteiger partial charge in [0.25, 0.3) is 5.91 Å². The number of anilines is 1. The van der Waals surface area contributed by atoms with Crippen molar-refractivity contribution < 1.29 is 14.3 Å². The lowest BCUT2D eigenvalue weighted by molar-refractivity contribution is -0.123. The van der Waals surface area contributed by atoms with Gasteiger partial charge in [0.15, 0.2) is 6.10 Å². The minimum atomic E-state index is -0.902. The van der Waals surface area contributed by atoms with Gasteiger partial charge in [0.2, 0.25) is 0 Å². The largest absolute Gasteiger partial charge is 0.449 e. The first-order valence-electron chi connectivity index (χ1n) is 9.08. The molecule has 27 heavy (non-hydrogen) atoms. The third-order valence-corrected chi connectivity index (χ3v) is 4.81. The van der Waals surface area contributed by atoms with Crippen LogP contribution in [0.5, 0.6) is 0 Å². The van der Waals surface area contributed by atoms with Gasteiger partial charge in [0.1, 0.15) is 0 Å². The van der Waals surface area contributed by atoms with Crippen molar-refractivity contribution in [2.45, 2.75) is 40.3 Å². The maximum absolute atomic E-state index is 12.5. The molecular weight excluding hydrogens is 340 g/mol. The Morgan fingerprint density at radius 3 is 2.52 bits per heavy atom. The molecule has 140 valence electrons. The van der Waals surface area contributed by atoms with Crippen LogP contribution in [0.15, 0.2) is 48.5 Å². The topological polar surface area (TPSA) is 60.3 Å². The summed E-state index contributed by atoms with van der Waals surface area (Å²) >= 11 is 0. The summed E-state index contributed by atoms with van der Waals surface area (Å²) in [5.41, 5.74) is 3.04. The van der Waals surface area contributed by atoms with E-state index in [1.54, 1.807) is 13.0 Å². The number of carbonyl (C=O) groups excluding carboxylic acids is 2. The Morgan fingerprint density at radius 1 is 1.11 bits per heavy atom. The third kappa shape index (κ3) is 3.72. The average molecular weight is 364 g/mol. The van der Waals surface area contributed by atoms with Crippen LogP contribution in [0.1, 0.15) is 35.6 Å². The van der Waals surface area contributed by atoms with Gasteiger partial charge >= 0.3 is 5.97 Å². The van der Waals surface area contributed by atoms with Crippen molar-refractivity contribution in [3.8, 4) is 0 Å². The van der Waals surface area contributed by atoms with Gasteiger partial charge in [0.05, 0.1) is 5.56 Å². The number of carbonyl (C=O) groups is 2. The number of rotatable bonds is 5. The second-order valence-electron chi connectivity index (χ2n) is 6.59. The lowest BCUT2D eigenvalue weighted by Crippen LogP contribution is -2.30. The number of hydrogen-bond acceptors (Lipinski definition) is 3. The zero-order chi connectivity index (χ0) is 19.6. The molecule has 5 nitrogen and oxygen atoms in total. The van der Waals surface area contributed by atoms with E-state index < -0.39 is 12.1 Å². The summed E-state index contributed by atoms with van der Waals surface area (Å²) in [5.74, 6) is -0.840. The van der Waals surface area contributed by atoms with Gasteiger partial charge in [-0.05, 0) is 45.2 Å². The Hall–Kier alpha value is -3.08. The molecule has 0 fully saturated rings. The first-order valence-corrected chi connectivity index (χ1v) is 9.08. The lowest BCUT2D eigenvalue weighted by Gasteiger charge is -2.15. The molecule has 0 aliphatic rings. The number of esters is 1. The van der Waals surface area contributed by atoms with Gasteiger partial charge in [-0.2, -0.15) is 0 Å². The number of nitrogens with zero attached hydrogens (tertiary/aromatic N) is 1. The molecule has 0 saturated heterocycles. The van der Waals surface area contributed by atoms with E-state index in [4.69, 9.17) is 4.74 Å². The van der Waals surface area contributed by atoms with Crippen molar-refractivity contribution >= 4 is 28.3 Å². The number of amides is 1. The predicted molar refractivity (Wildman–Crippen MR) is 107 cm³/mol. The molecule has 0 aliphatic carbocycles. The molecule has 1 heterocycles. The van der Waals surface area contributed by atoms with Crippen molar-refractivity contribution in [1.82, 2.24) is 4.57 Å². The smallest absolute Gasteiger partial charge is 0.340 e. The van der Waals surface area contributed by atoms with E-state index in [9.17, 15) is 9.59 Å². The van der Waals surface area contributed by atoms with Crippen LogP contribution >= 0.6 is 0 Å². The van der Waals surface area contributed by atoms with E-state index in [1.165, 1.54) is 0 Å². The zero-order valence-electron chi connectivity index (χ0n) is 16.1. The van der Waals surface area contributed by atoms with Crippen LogP contribution in [0.3, 0.4) is 0 Å². The first-order chi connectivity index (χ1) is 12.9. The fraction of sp³-hybridized carbons (Fsp3) is 0.273. The van der Waals surface area contributed by atoms with Crippen molar-refractivity contribution in [2.75, 3.05) is 5.32 Å². The highest BCUT2D eigenvalue weighted by Gasteiger charge is 2.22. The zero-order valence-corrected chi connectivity index (χ0v) is 16.1. The summed E-state index contributed by atoms with van der Waals surface area (Å²) in [6, 6.07) is 15.3. The van der Waals surface area contributed by atoms with Crippen LogP contribution in [-0.4, -0.2) is 22.5 Å². The summed E-state index contributed by atoms with van der Waals surface area (Å²) in [6.07, 6.45) is -0.902. The second kappa shape index (κ2) is 7.66. The number of benzene rings is 2. The van der Waals surface area contributed by atoms with Gasteiger partial charge in [0, 0.05) is 29.0 Å². The summed E-state index contributed by atoms with van der Waals surface area (Å²) in [4.78, 5) is 25.1. The maximum atomic E-state index is 12.5. The molecule has 3 aromatic rings. The number of aryl methyl sites for hydroxylation is 1. The van der Waals surface area contributed by atoms with Crippen LogP contribution in [0.4, 0.5) is 5.69 Å². The highest BCUT2D eigenvalue weighted by Crippen LogP contribution is 2.23. The number of hydrogen-bond donors (Lipinski definition) is 1. The average Bonchev–Trinajstić information content (AvgIpc) is 2.95. The number of fused-ring (bicyclic) bond motifs is 1. The van der Waals surface area contributed by atoms with E-state index in [0.717, 1.165) is 28.7 Å². The lowest BCUT2D eigenvalue weighted by atomic mass is 10.1. The molecule has 0 unspecified atom stereocenters. The van der Waals surface area contributed by atoms with Crippen molar-refractivity contribution in [3.05, 3.63) is 65.5 Å². The van der Waals surface area contributed by atoms with Crippen LogP contribution < -0.4 is 5.32 Å². The SMILES string of the molecule is CCn1c(C)cc(C(=O)O[C@H](C)C(=O)Nc2cccc3ccccc23)c1C. The van der Waals surface area contributed by atoms with Crippen molar-refractivity contribution in [2.24, 2.45) is 0 Å². The van der Waals surface area contributed by atoms with Crippen LogP contribution in [0, 0.1) is 13.8 Å². The van der Waals surface area contributed by atoms with E-state index in [-0.39, 0.29) is 5.91 Å². The Morgan fingerprint density at radius 2 is 1.81 bits per heavy atom. The summed E-state index contributed by atoms with van der Waals surface area (Å²) < 4.78 is 7.45. The molecule has 0 radical (unpaired) electrons. The Kier molecular flexibility index (Phi) is 5.31. The van der Waals surface area contributed by atoms with Crippen LogP contribution in [0.2, 0.25) is 0 Å². The molecule has 1 atom stereocenters. The summed E-state index contributed by atoms with van der Waals surface area (Å²) in [6.45, 7) is 8.21. The number of ether oxygens (including phenoxy) is 1. The Bertz CT molecular complexity index is 999.